The summed E-state index contributed by atoms with van der Waals surface area (Å²) in [6.45, 7) is 8.93. The molecule has 0 bridgehead atoms. The second-order valence-corrected chi connectivity index (χ2v) is 7.30. The van der Waals surface area contributed by atoms with Crippen molar-refractivity contribution in [1.29, 1.82) is 0 Å². The molecule has 0 saturated carbocycles. The number of ether oxygens (including phenoxy) is 1. The van der Waals surface area contributed by atoms with Crippen LogP contribution >= 0.6 is 0 Å². The van der Waals surface area contributed by atoms with Crippen LogP contribution in [0.25, 0.3) is 0 Å². The summed E-state index contributed by atoms with van der Waals surface area (Å²) in [4.78, 5) is 44.8. The molecule has 8 heteroatoms. The van der Waals surface area contributed by atoms with Crippen LogP contribution in [0.15, 0.2) is 9.59 Å². The average molecular weight is 364 g/mol. The van der Waals surface area contributed by atoms with Crippen molar-refractivity contribution in [2.45, 2.75) is 39.2 Å². The quantitative estimate of drug-likeness (QED) is 0.776. The Bertz CT molecular complexity index is 742. The van der Waals surface area contributed by atoms with Crippen molar-refractivity contribution in [2.75, 3.05) is 39.4 Å². The van der Waals surface area contributed by atoms with E-state index < -0.39 is 11.2 Å². The molecule has 1 unspecified atom stereocenters. The molecule has 0 aliphatic carbocycles. The van der Waals surface area contributed by atoms with Crippen molar-refractivity contribution in [3.8, 4) is 0 Å². The Labute approximate surface area is 152 Å². The van der Waals surface area contributed by atoms with E-state index in [0.29, 0.717) is 23.2 Å². The first-order chi connectivity index (χ1) is 12.5. The molecule has 144 valence electrons. The van der Waals surface area contributed by atoms with Gasteiger partial charge in [0.25, 0.3) is 5.56 Å². The Hall–Kier alpha value is -1.93. The van der Waals surface area contributed by atoms with E-state index in [0.717, 1.165) is 52.2 Å². The largest absolute Gasteiger partial charge is 0.379 e. The minimum Gasteiger partial charge on any atom is -0.379 e. The molecule has 2 aliphatic heterocycles. The summed E-state index contributed by atoms with van der Waals surface area (Å²) >= 11 is 0. The third kappa shape index (κ3) is 4.24. The number of rotatable bonds is 4. The molecule has 0 aromatic carbocycles. The van der Waals surface area contributed by atoms with Gasteiger partial charge in [0.15, 0.2) is 0 Å². The lowest BCUT2D eigenvalue weighted by Crippen LogP contribution is -2.49. The van der Waals surface area contributed by atoms with Crippen LogP contribution in [-0.2, 0) is 16.0 Å². The van der Waals surface area contributed by atoms with Gasteiger partial charge in [0.2, 0.25) is 5.91 Å². The Balaban J connectivity index is 1.55. The molecule has 0 spiro atoms. The van der Waals surface area contributed by atoms with Crippen LogP contribution < -0.4 is 11.2 Å². The lowest BCUT2D eigenvalue weighted by Gasteiger charge is -2.41. The molecule has 1 aromatic heterocycles. The fourth-order valence-corrected chi connectivity index (χ4v) is 4.02. The van der Waals surface area contributed by atoms with Gasteiger partial charge in [-0.2, -0.15) is 0 Å². The van der Waals surface area contributed by atoms with Gasteiger partial charge in [-0.1, -0.05) is 0 Å². The first kappa shape index (κ1) is 18.8. The molecule has 2 saturated heterocycles. The molecule has 1 atom stereocenters. The van der Waals surface area contributed by atoms with Gasteiger partial charge in [0.05, 0.1) is 19.6 Å². The summed E-state index contributed by atoms with van der Waals surface area (Å²) in [5, 5.41) is 0. The van der Waals surface area contributed by atoms with Crippen LogP contribution in [0.2, 0.25) is 0 Å². The normalized spacial score (nSPS) is 20.9. The summed E-state index contributed by atoms with van der Waals surface area (Å²) in [6, 6.07) is 0.500. The highest BCUT2D eigenvalue weighted by atomic mass is 16.5. The Kier molecular flexibility index (Phi) is 5.93. The Morgan fingerprint density at radius 2 is 1.81 bits per heavy atom. The maximum Gasteiger partial charge on any atom is 0.325 e. The lowest BCUT2D eigenvalue weighted by atomic mass is 9.89. The number of hydrogen-bond donors (Lipinski definition) is 2. The minimum absolute atomic E-state index is 0.0294. The number of aryl methyl sites for hydroxylation is 1. The highest BCUT2D eigenvalue weighted by molar-refractivity contribution is 5.79. The first-order valence-electron chi connectivity index (χ1n) is 9.37. The predicted molar refractivity (Wildman–Crippen MR) is 97.3 cm³/mol. The molecule has 2 fully saturated rings. The van der Waals surface area contributed by atoms with E-state index in [4.69, 9.17) is 4.74 Å². The van der Waals surface area contributed by atoms with E-state index in [1.807, 2.05) is 4.90 Å². The van der Waals surface area contributed by atoms with Crippen molar-refractivity contribution in [2.24, 2.45) is 5.92 Å². The van der Waals surface area contributed by atoms with Gasteiger partial charge in [-0.15, -0.1) is 0 Å². The van der Waals surface area contributed by atoms with Crippen molar-refractivity contribution >= 4 is 5.91 Å². The fraction of sp³-hybridized carbons (Fsp3) is 0.722. The first-order valence-corrected chi connectivity index (χ1v) is 9.37. The Morgan fingerprint density at radius 1 is 1.15 bits per heavy atom. The second kappa shape index (κ2) is 8.18. The standard InChI is InChI=1S/C18H28N4O4/c1-12-15(17(24)20-18(25)19-12)11-16(23)22-5-3-14(4-6-22)13(2)21-7-9-26-10-8-21/h13-14H,3-11H2,1-2H3,(H2,19,20,24,25). The smallest absolute Gasteiger partial charge is 0.325 e. The van der Waals surface area contributed by atoms with Crippen molar-refractivity contribution < 1.29 is 9.53 Å². The molecule has 2 aliphatic rings. The molecular formula is C18H28N4O4. The number of amides is 1. The van der Waals surface area contributed by atoms with Crippen LogP contribution in [0, 0.1) is 12.8 Å². The fourth-order valence-electron chi connectivity index (χ4n) is 4.02. The van der Waals surface area contributed by atoms with Gasteiger partial charge in [-0.3, -0.25) is 19.5 Å². The van der Waals surface area contributed by atoms with E-state index in [1.54, 1.807) is 6.92 Å². The molecule has 1 amide bonds. The van der Waals surface area contributed by atoms with E-state index in [-0.39, 0.29) is 12.3 Å². The second-order valence-electron chi connectivity index (χ2n) is 7.30. The van der Waals surface area contributed by atoms with Crippen LogP contribution in [0.1, 0.15) is 31.0 Å². The average Bonchev–Trinajstić information content (AvgIpc) is 2.64. The number of nitrogens with one attached hydrogen (secondary N) is 2. The third-order valence-corrected chi connectivity index (χ3v) is 5.78. The summed E-state index contributed by atoms with van der Waals surface area (Å²) in [5.74, 6) is 0.526. The topological polar surface area (TPSA) is 98.5 Å². The van der Waals surface area contributed by atoms with Crippen LogP contribution in [0.5, 0.6) is 0 Å². The lowest BCUT2D eigenvalue weighted by molar-refractivity contribution is -0.132. The number of likely N-dealkylation sites (tertiary alicyclic amines) is 1. The third-order valence-electron chi connectivity index (χ3n) is 5.78. The monoisotopic (exact) mass is 364 g/mol. The summed E-state index contributed by atoms with van der Waals surface area (Å²) in [5.41, 5.74) is -0.210. The molecule has 3 heterocycles. The summed E-state index contributed by atoms with van der Waals surface area (Å²) in [7, 11) is 0. The van der Waals surface area contributed by atoms with E-state index >= 15 is 0 Å². The van der Waals surface area contributed by atoms with E-state index in [1.165, 1.54) is 0 Å². The van der Waals surface area contributed by atoms with Gasteiger partial charge >= 0.3 is 5.69 Å². The zero-order valence-electron chi connectivity index (χ0n) is 15.5. The molecule has 3 rings (SSSR count). The molecule has 0 radical (unpaired) electrons. The zero-order chi connectivity index (χ0) is 18.7. The summed E-state index contributed by atoms with van der Waals surface area (Å²) in [6.07, 6.45) is 1.98. The number of H-pyrrole nitrogens is 2. The van der Waals surface area contributed by atoms with E-state index in [2.05, 4.69) is 21.8 Å². The number of piperidine rings is 1. The number of aromatic nitrogens is 2. The predicted octanol–water partition coefficient (Wildman–Crippen LogP) is -0.127. The van der Waals surface area contributed by atoms with Gasteiger partial charge in [-0.05, 0) is 32.6 Å². The number of hydrogen-bond acceptors (Lipinski definition) is 5. The Morgan fingerprint density at radius 3 is 2.42 bits per heavy atom. The molecule has 26 heavy (non-hydrogen) atoms. The van der Waals surface area contributed by atoms with Crippen molar-refractivity contribution in [3.63, 3.8) is 0 Å². The summed E-state index contributed by atoms with van der Waals surface area (Å²) < 4.78 is 5.42. The number of aromatic amines is 2. The number of morpholine rings is 1. The zero-order valence-corrected chi connectivity index (χ0v) is 15.5. The SMILES string of the molecule is Cc1[nH]c(=O)[nH]c(=O)c1CC(=O)N1CCC(C(C)N2CCOCC2)CC1. The molecular weight excluding hydrogens is 336 g/mol. The number of carbonyl (C=O) groups excluding carboxylic acids is 1. The van der Waals surface area contributed by atoms with Crippen molar-refractivity contribution in [1.82, 2.24) is 19.8 Å². The van der Waals surface area contributed by atoms with Gasteiger partial charge in [0.1, 0.15) is 0 Å². The number of carbonyl (C=O) groups is 1. The van der Waals surface area contributed by atoms with Crippen LogP contribution in [0.3, 0.4) is 0 Å². The highest BCUT2D eigenvalue weighted by Crippen LogP contribution is 2.25. The van der Waals surface area contributed by atoms with Gasteiger partial charge in [0, 0.05) is 43.5 Å². The maximum absolute atomic E-state index is 12.6. The molecule has 8 nitrogen and oxygen atoms in total. The number of nitrogens with zero attached hydrogens (tertiary/aromatic N) is 2. The highest BCUT2D eigenvalue weighted by Gasteiger charge is 2.30. The maximum atomic E-state index is 12.6. The van der Waals surface area contributed by atoms with Gasteiger partial charge in [-0.25, -0.2) is 4.79 Å². The van der Waals surface area contributed by atoms with Crippen molar-refractivity contribution in [3.05, 3.63) is 32.1 Å². The molecule has 2 N–H and O–H groups in total. The molecule has 1 aromatic rings. The van der Waals surface area contributed by atoms with Crippen LogP contribution in [-0.4, -0.2) is 71.1 Å². The van der Waals surface area contributed by atoms with Gasteiger partial charge < -0.3 is 14.6 Å². The van der Waals surface area contributed by atoms with Crippen LogP contribution in [0.4, 0.5) is 0 Å². The minimum atomic E-state index is -0.540. The van der Waals surface area contributed by atoms with E-state index in [9.17, 15) is 14.4 Å².